The largest absolute Gasteiger partial charge is 1.00 e. The van der Waals surface area contributed by atoms with Crippen LogP contribution in [-0.4, -0.2) is 25.8 Å². The molecule has 3 rings (SSSR count). The second-order valence-corrected chi connectivity index (χ2v) is 6.86. The number of rotatable bonds is 5. The van der Waals surface area contributed by atoms with Crippen molar-refractivity contribution in [2.45, 2.75) is 31.4 Å². The van der Waals surface area contributed by atoms with E-state index in [0.29, 0.717) is 27.9 Å². The zero-order valence-corrected chi connectivity index (χ0v) is 20.2. The Morgan fingerprint density at radius 3 is 2.67 bits per heavy atom. The predicted molar refractivity (Wildman–Crippen MR) is 91.6 cm³/mol. The van der Waals surface area contributed by atoms with Gasteiger partial charge < -0.3 is 17.6 Å². The number of imidazole rings is 1. The molecule has 0 bridgehead atoms. The molecule has 3 aromatic rings. The Labute approximate surface area is 203 Å². The van der Waals surface area contributed by atoms with Crippen LogP contribution in [-0.2, 0) is 16.6 Å². The summed E-state index contributed by atoms with van der Waals surface area (Å²) >= 11 is 0. The van der Waals surface area contributed by atoms with E-state index in [9.17, 15) is 17.8 Å². The smallest absolute Gasteiger partial charge is 1.00 e. The van der Waals surface area contributed by atoms with E-state index in [1.807, 2.05) is 0 Å². The summed E-state index contributed by atoms with van der Waals surface area (Å²) in [4.78, 5) is 22.0. The molecule has 0 aliphatic rings. The first-order valence-corrected chi connectivity index (χ1v) is 8.67. The Kier molecular flexibility index (Phi) is 9.33. The number of H-pyrrole nitrogens is 2. The first-order valence-electron chi connectivity index (χ1n) is 7.36. The molecule has 6 nitrogen and oxygen atoms in total. The molecule has 0 aliphatic heterocycles. The summed E-state index contributed by atoms with van der Waals surface area (Å²) < 4.78 is 41.4. The van der Waals surface area contributed by atoms with Crippen LogP contribution < -0.4 is 69.3 Å². The molecule has 0 saturated carbocycles. The standard InChI is InChI=1S/C16H15F2N3O3S.2Na.2H/c1-8-6-19-13(9(2)14(8)22)7-25(23)16-20-11-4-3-10(24-15(17)18)5-12(11)21-16;;;;/h3-6,15H,7H2,1-2H3,(H,19,22)(H,20,21);;;;/q;2*+1;2*-1. The average Bonchev–Trinajstić information content (AvgIpc) is 2.98. The van der Waals surface area contributed by atoms with Gasteiger partial charge in [0.1, 0.15) is 5.75 Å². The van der Waals surface area contributed by atoms with Crippen LogP contribution in [0.4, 0.5) is 8.78 Å². The van der Waals surface area contributed by atoms with E-state index < -0.39 is 17.4 Å². The minimum Gasteiger partial charge on any atom is -1.00 e. The Morgan fingerprint density at radius 1 is 1.30 bits per heavy atom. The Morgan fingerprint density at radius 2 is 2.00 bits per heavy atom. The molecular formula is C16H17F2N3Na2O3S. The van der Waals surface area contributed by atoms with Crippen LogP contribution in [0.25, 0.3) is 11.0 Å². The summed E-state index contributed by atoms with van der Waals surface area (Å²) in [7, 11) is -1.54. The number of halogens is 2. The number of ether oxygens (including phenoxy) is 1. The van der Waals surface area contributed by atoms with Crippen LogP contribution in [0, 0.1) is 13.8 Å². The maximum absolute atomic E-state index is 12.5. The molecule has 2 aromatic heterocycles. The number of fused-ring (bicyclic) bond motifs is 1. The monoisotopic (exact) mass is 415 g/mol. The molecule has 0 aliphatic carbocycles. The summed E-state index contributed by atoms with van der Waals surface area (Å²) in [5.74, 6) is 0.0730. The second kappa shape index (κ2) is 10.3. The molecule has 11 heteroatoms. The molecule has 0 radical (unpaired) electrons. The minimum absolute atomic E-state index is 0. The van der Waals surface area contributed by atoms with Gasteiger partial charge in [-0.3, -0.25) is 9.00 Å². The molecule has 136 valence electrons. The third-order valence-electron chi connectivity index (χ3n) is 3.76. The van der Waals surface area contributed by atoms with E-state index >= 15 is 0 Å². The van der Waals surface area contributed by atoms with Crippen LogP contribution in [0.15, 0.2) is 34.3 Å². The maximum atomic E-state index is 12.5. The van der Waals surface area contributed by atoms with Crippen molar-refractivity contribution in [3.8, 4) is 5.75 Å². The third kappa shape index (κ3) is 5.72. The molecule has 2 N–H and O–H groups in total. The quantitative estimate of drug-likeness (QED) is 0.435. The number of pyridine rings is 1. The van der Waals surface area contributed by atoms with Gasteiger partial charge in [0.2, 0.25) is 0 Å². The van der Waals surface area contributed by atoms with E-state index in [4.69, 9.17) is 0 Å². The van der Waals surface area contributed by atoms with Crippen molar-refractivity contribution < 1.29 is 79.7 Å². The van der Waals surface area contributed by atoms with Crippen molar-refractivity contribution in [2.75, 3.05) is 0 Å². The Bertz CT molecular complexity index is 1030. The van der Waals surface area contributed by atoms with Crippen LogP contribution >= 0.6 is 0 Å². The Balaban J connectivity index is 0. The molecule has 1 atom stereocenters. The van der Waals surface area contributed by atoms with E-state index in [0.717, 1.165) is 0 Å². The summed E-state index contributed by atoms with van der Waals surface area (Å²) in [5, 5.41) is 0.199. The van der Waals surface area contributed by atoms with Crippen LogP contribution in [0.2, 0.25) is 0 Å². The number of aryl methyl sites for hydroxylation is 1. The van der Waals surface area contributed by atoms with E-state index in [-0.39, 0.29) is 84.1 Å². The number of benzene rings is 1. The first-order chi connectivity index (χ1) is 11.8. The number of hydrogen-bond donors (Lipinski definition) is 2. The number of aromatic nitrogens is 3. The maximum Gasteiger partial charge on any atom is 1.00 e. The molecule has 0 spiro atoms. The van der Waals surface area contributed by atoms with Gasteiger partial charge in [0.25, 0.3) is 0 Å². The van der Waals surface area contributed by atoms with Crippen molar-refractivity contribution in [3.63, 3.8) is 0 Å². The van der Waals surface area contributed by atoms with Crippen molar-refractivity contribution in [2.24, 2.45) is 0 Å². The minimum atomic E-state index is -2.92. The van der Waals surface area contributed by atoms with Gasteiger partial charge >= 0.3 is 65.7 Å². The number of hydrogen-bond acceptors (Lipinski definition) is 4. The molecule has 1 aromatic carbocycles. The summed E-state index contributed by atoms with van der Waals surface area (Å²) in [6.45, 7) is 0.450. The zero-order chi connectivity index (χ0) is 18.1. The van der Waals surface area contributed by atoms with Gasteiger partial charge in [-0.15, -0.1) is 0 Å². The first kappa shape index (κ1) is 24.5. The van der Waals surface area contributed by atoms with Crippen LogP contribution in [0.3, 0.4) is 0 Å². The van der Waals surface area contributed by atoms with Crippen molar-refractivity contribution in [3.05, 3.63) is 51.4 Å². The van der Waals surface area contributed by atoms with Gasteiger partial charge in [-0.05, 0) is 26.0 Å². The predicted octanol–water partition coefficient (Wildman–Crippen LogP) is -2.99. The normalized spacial score (nSPS) is 11.7. The molecule has 0 saturated heterocycles. The van der Waals surface area contributed by atoms with Gasteiger partial charge in [0, 0.05) is 29.1 Å². The zero-order valence-electron chi connectivity index (χ0n) is 17.4. The number of nitrogens with one attached hydrogen (secondary N) is 2. The summed E-state index contributed by atoms with van der Waals surface area (Å²) in [6.07, 6.45) is 1.58. The molecular weight excluding hydrogens is 398 g/mol. The van der Waals surface area contributed by atoms with Gasteiger partial charge in [0.15, 0.2) is 10.6 Å². The molecule has 27 heavy (non-hydrogen) atoms. The van der Waals surface area contributed by atoms with E-state index in [1.54, 1.807) is 20.0 Å². The second-order valence-electron chi connectivity index (χ2n) is 5.49. The summed E-state index contributed by atoms with van der Waals surface area (Å²) in [6, 6.07) is 4.24. The van der Waals surface area contributed by atoms with Gasteiger partial charge in [-0.25, -0.2) is 4.98 Å². The fraction of sp³-hybridized carbons (Fsp3) is 0.250. The number of alkyl halides is 2. The van der Waals surface area contributed by atoms with Gasteiger partial charge in [0.05, 0.1) is 27.6 Å². The fourth-order valence-electron chi connectivity index (χ4n) is 2.40. The third-order valence-corrected chi connectivity index (χ3v) is 4.94. The van der Waals surface area contributed by atoms with Crippen LogP contribution in [0.1, 0.15) is 19.7 Å². The molecule has 1 unspecified atom stereocenters. The number of nitrogens with zero attached hydrogens (tertiary/aromatic N) is 1. The summed E-state index contributed by atoms with van der Waals surface area (Å²) in [5.41, 5.74) is 2.49. The van der Waals surface area contributed by atoms with Gasteiger partial charge in [-0.2, -0.15) is 8.78 Å². The van der Waals surface area contributed by atoms with Crippen molar-refractivity contribution >= 4 is 21.8 Å². The SMILES string of the molecule is Cc1c[nH]c(CS(=O)c2nc3ccc(OC(F)F)cc3[nH]2)c(C)c1=O.[H-].[H-].[Na+].[Na+]. The Hall–Kier alpha value is -0.550. The number of aromatic amines is 2. The molecule has 0 fully saturated rings. The van der Waals surface area contributed by atoms with E-state index in [2.05, 4.69) is 19.7 Å². The van der Waals surface area contributed by atoms with Crippen molar-refractivity contribution in [1.29, 1.82) is 0 Å². The topological polar surface area (TPSA) is 87.8 Å². The molecule has 2 heterocycles. The van der Waals surface area contributed by atoms with Crippen molar-refractivity contribution in [1.82, 2.24) is 15.0 Å². The fourth-order valence-corrected chi connectivity index (χ4v) is 3.52. The van der Waals surface area contributed by atoms with Gasteiger partial charge in [-0.1, -0.05) is 0 Å². The van der Waals surface area contributed by atoms with E-state index in [1.165, 1.54) is 18.2 Å². The van der Waals surface area contributed by atoms with Crippen LogP contribution in [0.5, 0.6) is 5.75 Å². The average molecular weight is 415 g/mol. The molecule has 0 amide bonds.